The molecule has 0 aliphatic carbocycles. The van der Waals surface area contributed by atoms with Crippen molar-refractivity contribution >= 4 is 23.6 Å². The summed E-state index contributed by atoms with van der Waals surface area (Å²) in [5, 5.41) is 5.03. The van der Waals surface area contributed by atoms with Crippen LogP contribution in [-0.4, -0.2) is 36.4 Å². The molecule has 1 unspecified atom stereocenters. The number of amides is 2. The van der Waals surface area contributed by atoms with E-state index >= 15 is 0 Å². The summed E-state index contributed by atoms with van der Waals surface area (Å²) in [6, 6.07) is 0. The minimum absolute atomic E-state index is 0.0187. The molecular formula is C7H12N2O2S. The van der Waals surface area contributed by atoms with Crippen LogP contribution in [0, 0.1) is 0 Å². The predicted octanol–water partition coefficient (Wildman–Crippen LogP) is -0.646. The topological polar surface area (TPSA) is 58.2 Å². The molecule has 0 radical (unpaired) electrons. The van der Waals surface area contributed by atoms with Gasteiger partial charge in [-0.2, -0.15) is 0 Å². The van der Waals surface area contributed by atoms with Gasteiger partial charge in [-0.05, 0) is 0 Å². The van der Waals surface area contributed by atoms with Crippen molar-refractivity contribution in [2.24, 2.45) is 0 Å². The first-order chi connectivity index (χ1) is 5.74. The molecule has 1 heterocycles. The smallest absolute Gasteiger partial charge is 0.233 e. The summed E-state index contributed by atoms with van der Waals surface area (Å²) >= 11 is 1.54. The third-order valence-corrected chi connectivity index (χ3v) is 2.89. The molecule has 1 aliphatic heterocycles. The Kier molecular flexibility index (Phi) is 3.40. The van der Waals surface area contributed by atoms with Gasteiger partial charge in [-0.25, -0.2) is 0 Å². The van der Waals surface area contributed by atoms with Gasteiger partial charge < -0.3 is 10.6 Å². The Balaban J connectivity index is 2.39. The number of nitrogens with one attached hydrogen (secondary N) is 2. The molecule has 0 aromatic heterocycles. The van der Waals surface area contributed by atoms with Gasteiger partial charge in [0.1, 0.15) is 0 Å². The molecule has 5 heteroatoms. The van der Waals surface area contributed by atoms with Crippen molar-refractivity contribution in [1.29, 1.82) is 0 Å². The molecule has 12 heavy (non-hydrogen) atoms. The second-order valence-electron chi connectivity index (χ2n) is 2.53. The summed E-state index contributed by atoms with van der Waals surface area (Å²) in [6.45, 7) is 0.716. The molecule has 1 atom stereocenters. The van der Waals surface area contributed by atoms with Gasteiger partial charge >= 0.3 is 0 Å². The van der Waals surface area contributed by atoms with E-state index in [-0.39, 0.29) is 23.5 Å². The fraction of sp³-hybridized carbons (Fsp3) is 0.714. The number of carbonyl (C=O) groups excluding carboxylic acids is 2. The lowest BCUT2D eigenvalue weighted by molar-refractivity contribution is -0.125. The van der Waals surface area contributed by atoms with Gasteiger partial charge in [0.15, 0.2) is 0 Å². The highest BCUT2D eigenvalue weighted by Gasteiger charge is 2.24. The Morgan fingerprint density at radius 3 is 3.17 bits per heavy atom. The molecule has 1 saturated heterocycles. The minimum Gasteiger partial charge on any atom is -0.359 e. The minimum atomic E-state index is -0.196. The third kappa shape index (κ3) is 2.41. The van der Waals surface area contributed by atoms with Crippen molar-refractivity contribution in [3.05, 3.63) is 0 Å². The second kappa shape index (κ2) is 4.35. The van der Waals surface area contributed by atoms with Crippen molar-refractivity contribution in [1.82, 2.24) is 10.6 Å². The van der Waals surface area contributed by atoms with Crippen LogP contribution in [0.1, 0.15) is 6.42 Å². The summed E-state index contributed by atoms with van der Waals surface area (Å²) in [5.74, 6) is 0.798. The first-order valence-electron chi connectivity index (χ1n) is 3.84. The monoisotopic (exact) mass is 188 g/mol. The third-order valence-electron chi connectivity index (χ3n) is 1.66. The Labute approximate surface area is 75.5 Å². The van der Waals surface area contributed by atoms with E-state index in [4.69, 9.17) is 0 Å². The zero-order valence-corrected chi connectivity index (χ0v) is 7.74. The number of thioether (sulfide) groups is 1. The van der Waals surface area contributed by atoms with Gasteiger partial charge in [0.25, 0.3) is 0 Å². The van der Waals surface area contributed by atoms with Gasteiger partial charge in [0.05, 0.1) is 5.25 Å². The molecule has 68 valence electrons. The fourth-order valence-electron chi connectivity index (χ4n) is 0.987. The Morgan fingerprint density at radius 2 is 2.58 bits per heavy atom. The van der Waals surface area contributed by atoms with Crippen LogP contribution in [0.3, 0.4) is 0 Å². The van der Waals surface area contributed by atoms with Gasteiger partial charge in [0, 0.05) is 25.8 Å². The second-order valence-corrected chi connectivity index (χ2v) is 3.84. The van der Waals surface area contributed by atoms with E-state index in [0.29, 0.717) is 6.54 Å². The fourth-order valence-corrected chi connectivity index (χ4v) is 2.00. The van der Waals surface area contributed by atoms with Crippen molar-refractivity contribution in [2.45, 2.75) is 11.7 Å². The Hall–Kier alpha value is -0.710. The SMILES string of the molecule is CNC(=O)CC1SCCNC1=O. The van der Waals surface area contributed by atoms with Crippen LogP contribution in [-0.2, 0) is 9.59 Å². The van der Waals surface area contributed by atoms with Crippen molar-refractivity contribution in [3.63, 3.8) is 0 Å². The van der Waals surface area contributed by atoms with E-state index in [1.165, 1.54) is 0 Å². The molecule has 2 amide bonds. The molecular weight excluding hydrogens is 176 g/mol. The largest absolute Gasteiger partial charge is 0.359 e. The number of carbonyl (C=O) groups is 2. The van der Waals surface area contributed by atoms with Crippen LogP contribution in [0.5, 0.6) is 0 Å². The van der Waals surface area contributed by atoms with E-state index in [1.54, 1.807) is 18.8 Å². The standard InChI is InChI=1S/C7H12N2O2S/c1-8-6(10)4-5-7(11)9-2-3-12-5/h5H,2-4H2,1H3,(H,8,10)(H,9,11). The normalized spacial score (nSPS) is 23.1. The van der Waals surface area contributed by atoms with Gasteiger partial charge in [0.2, 0.25) is 11.8 Å². The first-order valence-corrected chi connectivity index (χ1v) is 4.89. The Morgan fingerprint density at radius 1 is 1.83 bits per heavy atom. The Bertz CT molecular complexity index is 196. The maximum atomic E-state index is 11.1. The summed E-state index contributed by atoms with van der Waals surface area (Å²) in [4.78, 5) is 22.1. The van der Waals surface area contributed by atoms with Crippen LogP contribution in [0.25, 0.3) is 0 Å². The maximum absolute atomic E-state index is 11.1. The van der Waals surface area contributed by atoms with Gasteiger partial charge in [-0.1, -0.05) is 0 Å². The number of hydrogen-bond acceptors (Lipinski definition) is 3. The molecule has 0 saturated carbocycles. The molecule has 1 aliphatic rings. The predicted molar refractivity (Wildman–Crippen MR) is 47.9 cm³/mol. The molecule has 4 nitrogen and oxygen atoms in total. The lowest BCUT2D eigenvalue weighted by Crippen LogP contribution is -2.41. The van der Waals surface area contributed by atoms with Crippen LogP contribution >= 0.6 is 11.8 Å². The molecule has 2 N–H and O–H groups in total. The van der Waals surface area contributed by atoms with Crippen molar-refractivity contribution in [3.8, 4) is 0 Å². The zero-order chi connectivity index (χ0) is 8.97. The highest BCUT2D eigenvalue weighted by atomic mass is 32.2. The van der Waals surface area contributed by atoms with Gasteiger partial charge in [-0.3, -0.25) is 9.59 Å². The van der Waals surface area contributed by atoms with Crippen molar-refractivity contribution < 1.29 is 9.59 Å². The van der Waals surface area contributed by atoms with E-state index in [1.807, 2.05) is 0 Å². The van der Waals surface area contributed by atoms with Gasteiger partial charge in [-0.15, -0.1) is 11.8 Å². The number of rotatable bonds is 2. The molecule has 0 aromatic carbocycles. The average molecular weight is 188 g/mol. The quantitative estimate of drug-likeness (QED) is 0.605. The first kappa shape index (κ1) is 9.38. The molecule has 1 fully saturated rings. The van der Waals surface area contributed by atoms with E-state index in [2.05, 4.69) is 10.6 Å². The molecule has 1 rings (SSSR count). The lowest BCUT2D eigenvalue weighted by atomic mass is 10.2. The molecule has 0 aromatic rings. The lowest BCUT2D eigenvalue weighted by Gasteiger charge is -2.20. The van der Waals surface area contributed by atoms with Crippen LogP contribution < -0.4 is 10.6 Å². The van der Waals surface area contributed by atoms with Crippen LogP contribution in [0.2, 0.25) is 0 Å². The van der Waals surface area contributed by atoms with Crippen LogP contribution in [0.15, 0.2) is 0 Å². The summed E-state index contributed by atoms with van der Waals surface area (Å²) in [5.41, 5.74) is 0. The van der Waals surface area contributed by atoms with Crippen molar-refractivity contribution in [2.75, 3.05) is 19.3 Å². The molecule has 0 spiro atoms. The summed E-state index contributed by atoms with van der Waals surface area (Å²) < 4.78 is 0. The van der Waals surface area contributed by atoms with Crippen LogP contribution in [0.4, 0.5) is 0 Å². The molecule has 0 bridgehead atoms. The van der Waals surface area contributed by atoms with E-state index in [9.17, 15) is 9.59 Å². The van der Waals surface area contributed by atoms with E-state index in [0.717, 1.165) is 5.75 Å². The van der Waals surface area contributed by atoms with E-state index < -0.39 is 0 Å². The summed E-state index contributed by atoms with van der Waals surface area (Å²) in [6.07, 6.45) is 0.285. The maximum Gasteiger partial charge on any atom is 0.233 e. The highest BCUT2D eigenvalue weighted by molar-refractivity contribution is 8.00. The zero-order valence-electron chi connectivity index (χ0n) is 6.92. The summed E-state index contributed by atoms with van der Waals surface area (Å²) in [7, 11) is 1.58. The number of hydrogen-bond donors (Lipinski definition) is 2. The highest BCUT2D eigenvalue weighted by Crippen LogP contribution is 2.17. The average Bonchev–Trinajstić information content (AvgIpc) is 2.09.